The number of carbonyl (C=O) groups is 1. The van der Waals surface area contributed by atoms with Crippen molar-refractivity contribution in [2.24, 2.45) is 0 Å². The number of nitro groups is 1. The maximum atomic E-state index is 12.1. The first kappa shape index (κ1) is 16.4. The minimum absolute atomic E-state index is 0.0272. The van der Waals surface area contributed by atoms with Gasteiger partial charge in [-0.15, -0.1) is 16.8 Å². The highest BCUT2D eigenvalue weighted by Gasteiger charge is 2.17. The normalized spacial score (nSPS) is 10.2. The number of halogens is 1. The van der Waals surface area contributed by atoms with Gasteiger partial charge in [0.15, 0.2) is 4.34 Å². The van der Waals surface area contributed by atoms with Gasteiger partial charge >= 0.3 is 0 Å². The molecule has 0 aliphatic rings. The SMILES string of the molecule is C=CCSc1nnc(NC(=O)c2ccc(Cl)c([N+](=O)[O-])c2)s1. The van der Waals surface area contributed by atoms with E-state index in [-0.39, 0.29) is 16.3 Å². The molecule has 1 aromatic heterocycles. The van der Waals surface area contributed by atoms with Crippen molar-refractivity contribution in [3.05, 3.63) is 51.6 Å². The number of aromatic nitrogens is 2. The molecule has 0 saturated heterocycles. The van der Waals surface area contributed by atoms with E-state index in [2.05, 4.69) is 22.1 Å². The summed E-state index contributed by atoms with van der Waals surface area (Å²) < 4.78 is 0.692. The van der Waals surface area contributed by atoms with Crippen LogP contribution in [0.4, 0.5) is 10.8 Å². The van der Waals surface area contributed by atoms with E-state index in [1.165, 1.54) is 35.2 Å². The van der Waals surface area contributed by atoms with Gasteiger partial charge in [-0.25, -0.2) is 0 Å². The number of amides is 1. The first-order chi connectivity index (χ1) is 10.5. The van der Waals surface area contributed by atoms with Crippen LogP contribution >= 0.6 is 34.7 Å². The van der Waals surface area contributed by atoms with Crippen molar-refractivity contribution in [2.45, 2.75) is 4.34 Å². The predicted octanol–water partition coefficient (Wildman–Crippen LogP) is 3.63. The first-order valence-electron chi connectivity index (χ1n) is 5.83. The summed E-state index contributed by atoms with van der Waals surface area (Å²) in [4.78, 5) is 22.2. The molecule has 2 rings (SSSR count). The topological polar surface area (TPSA) is 98.0 Å². The average molecular weight is 357 g/mol. The lowest BCUT2D eigenvalue weighted by Gasteiger charge is -2.02. The van der Waals surface area contributed by atoms with Crippen LogP contribution in [0.1, 0.15) is 10.4 Å². The number of carbonyl (C=O) groups excluding carboxylic acids is 1. The molecule has 7 nitrogen and oxygen atoms in total. The van der Waals surface area contributed by atoms with E-state index >= 15 is 0 Å². The Bertz CT molecular complexity index is 735. The number of nitrogens with one attached hydrogen (secondary N) is 1. The van der Waals surface area contributed by atoms with Crippen LogP contribution in [0.25, 0.3) is 0 Å². The largest absolute Gasteiger partial charge is 0.296 e. The molecule has 1 amide bonds. The molecule has 22 heavy (non-hydrogen) atoms. The first-order valence-corrected chi connectivity index (χ1v) is 8.01. The number of rotatable bonds is 6. The second-order valence-corrected chi connectivity index (χ2v) is 6.50. The molecular formula is C12H9ClN4O3S2. The summed E-state index contributed by atoms with van der Waals surface area (Å²) in [5.74, 6) is 0.169. The lowest BCUT2D eigenvalue weighted by molar-refractivity contribution is -0.384. The zero-order chi connectivity index (χ0) is 16.1. The molecule has 0 fully saturated rings. The van der Waals surface area contributed by atoms with Crippen LogP contribution < -0.4 is 5.32 Å². The Hall–Kier alpha value is -1.97. The molecule has 0 radical (unpaired) electrons. The molecule has 114 valence electrons. The number of hydrogen-bond acceptors (Lipinski definition) is 7. The van der Waals surface area contributed by atoms with Crippen molar-refractivity contribution >= 4 is 51.4 Å². The Morgan fingerprint density at radius 1 is 1.55 bits per heavy atom. The molecule has 0 unspecified atom stereocenters. The summed E-state index contributed by atoms with van der Waals surface area (Å²) in [5, 5.41) is 21.4. The minimum Gasteiger partial charge on any atom is -0.296 e. The Balaban J connectivity index is 2.12. The summed E-state index contributed by atoms with van der Waals surface area (Å²) in [6.07, 6.45) is 1.73. The van der Waals surface area contributed by atoms with E-state index in [0.29, 0.717) is 15.2 Å². The fourth-order valence-electron chi connectivity index (χ4n) is 1.41. The van der Waals surface area contributed by atoms with Crippen molar-refractivity contribution in [1.29, 1.82) is 0 Å². The molecule has 1 heterocycles. The zero-order valence-electron chi connectivity index (χ0n) is 11.0. The summed E-state index contributed by atoms with van der Waals surface area (Å²) in [6.45, 7) is 3.60. The molecule has 0 atom stereocenters. The molecule has 1 aromatic carbocycles. The predicted molar refractivity (Wildman–Crippen MR) is 86.9 cm³/mol. The minimum atomic E-state index is -0.645. The smallest absolute Gasteiger partial charge is 0.288 e. The quantitative estimate of drug-likeness (QED) is 0.279. The van der Waals surface area contributed by atoms with Gasteiger partial charge in [-0.05, 0) is 12.1 Å². The summed E-state index contributed by atoms with van der Waals surface area (Å²) >= 11 is 8.36. The monoisotopic (exact) mass is 356 g/mol. The van der Waals surface area contributed by atoms with Crippen molar-refractivity contribution in [1.82, 2.24) is 10.2 Å². The Labute approximate surface area is 138 Å². The van der Waals surface area contributed by atoms with Gasteiger partial charge in [0.2, 0.25) is 5.13 Å². The standard InChI is InChI=1S/C12H9ClN4O3S2/c1-2-5-21-12-16-15-11(22-12)14-10(18)7-3-4-8(13)9(6-7)17(19)20/h2-4,6H,1,5H2,(H,14,15,18). The molecule has 0 saturated carbocycles. The number of thioether (sulfide) groups is 1. The van der Waals surface area contributed by atoms with Gasteiger partial charge in [0.05, 0.1) is 4.92 Å². The van der Waals surface area contributed by atoms with Gasteiger partial charge in [-0.1, -0.05) is 40.8 Å². The molecule has 0 spiro atoms. The van der Waals surface area contributed by atoms with E-state index in [4.69, 9.17) is 11.6 Å². The van der Waals surface area contributed by atoms with Crippen molar-refractivity contribution in [2.75, 3.05) is 11.1 Å². The third-order valence-corrected chi connectivity index (χ3v) is 4.64. The highest BCUT2D eigenvalue weighted by molar-refractivity contribution is 8.01. The lowest BCUT2D eigenvalue weighted by atomic mass is 10.2. The number of anilines is 1. The third kappa shape index (κ3) is 4.03. The maximum absolute atomic E-state index is 12.1. The summed E-state index contributed by atoms with van der Waals surface area (Å²) in [6, 6.07) is 3.82. The van der Waals surface area contributed by atoms with Gasteiger partial charge in [0.1, 0.15) is 5.02 Å². The second-order valence-electron chi connectivity index (χ2n) is 3.85. The Morgan fingerprint density at radius 2 is 2.32 bits per heavy atom. The molecule has 1 N–H and O–H groups in total. The number of benzene rings is 1. The highest BCUT2D eigenvalue weighted by atomic mass is 35.5. The van der Waals surface area contributed by atoms with E-state index in [1.807, 2.05) is 0 Å². The number of nitrogens with zero attached hydrogens (tertiary/aromatic N) is 3. The van der Waals surface area contributed by atoms with Crippen LogP contribution in [0.15, 0.2) is 35.2 Å². The van der Waals surface area contributed by atoms with Gasteiger partial charge in [0.25, 0.3) is 11.6 Å². The lowest BCUT2D eigenvalue weighted by Crippen LogP contribution is -2.12. The van der Waals surface area contributed by atoms with Crippen LogP contribution in [0.2, 0.25) is 5.02 Å². The van der Waals surface area contributed by atoms with Crippen molar-refractivity contribution in [3.63, 3.8) is 0 Å². The van der Waals surface area contributed by atoms with E-state index in [0.717, 1.165) is 6.07 Å². The van der Waals surface area contributed by atoms with Gasteiger partial charge in [0, 0.05) is 17.4 Å². The van der Waals surface area contributed by atoms with Crippen molar-refractivity contribution in [3.8, 4) is 0 Å². The summed E-state index contributed by atoms with van der Waals surface area (Å²) in [7, 11) is 0. The van der Waals surface area contributed by atoms with Gasteiger partial charge in [-0.3, -0.25) is 20.2 Å². The average Bonchev–Trinajstić information content (AvgIpc) is 2.92. The summed E-state index contributed by atoms with van der Waals surface area (Å²) in [5.41, 5.74) is -0.208. The molecule has 2 aromatic rings. The van der Waals surface area contributed by atoms with Crippen LogP contribution in [0.3, 0.4) is 0 Å². The van der Waals surface area contributed by atoms with Crippen LogP contribution in [0.5, 0.6) is 0 Å². The van der Waals surface area contributed by atoms with Gasteiger partial charge in [-0.2, -0.15) is 0 Å². The Morgan fingerprint density at radius 3 is 3.00 bits per heavy atom. The fraction of sp³-hybridized carbons (Fsp3) is 0.0833. The van der Waals surface area contributed by atoms with Crippen molar-refractivity contribution < 1.29 is 9.72 Å². The van der Waals surface area contributed by atoms with Crippen LogP contribution in [0, 0.1) is 10.1 Å². The molecule has 0 aliphatic carbocycles. The molecule has 0 bridgehead atoms. The maximum Gasteiger partial charge on any atom is 0.288 e. The molecule has 0 aliphatic heterocycles. The van der Waals surface area contributed by atoms with E-state index in [1.54, 1.807) is 6.08 Å². The second kappa shape index (κ2) is 7.34. The third-order valence-electron chi connectivity index (χ3n) is 2.36. The molecule has 10 heteroatoms. The van der Waals surface area contributed by atoms with Gasteiger partial charge < -0.3 is 0 Å². The van der Waals surface area contributed by atoms with E-state index < -0.39 is 10.8 Å². The zero-order valence-corrected chi connectivity index (χ0v) is 13.4. The Kier molecular flexibility index (Phi) is 5.47. The fourth-order valence-corrected chi connectivity index (χ4v) is 3.11. The number of nitro benzene ring substituents is 1. The molecular weight excluding hydrogens is 348 g/mol. The van der Waals surface area contributed by atoms with E-state index in [9.17, 15) is 14.9 Å². The number of hydrogen-bond donors (Lipinski definition) is 1. The van der Waals surface area contributed by atoms with Crippen LogP contribution in [-0.4, -0.2) is 26.8 Å². The highest BCUT2D eigenvalue weighted by Crippen LogP contribution is 2.27. The van der Waals surface area contributed by atoms with Crippen LogP contribution in [-0.2, 0) is 0 Å².